The molecule has 2 heterocycles. The molecule has 1 aliphatic rings. The molecule has 0 saturated carbocycles. The second-order valence-corrected chi connectivity index (χ2v) is 7.74. The van der Waals surface area contributed by atoms with Crippen molar-refractivity contribution in [3.63, 3.8) is 0 Å². The van der Waals surface area contributed by atoms with Crippen molar-refractivity contribution in [2.24, 2.45) is 5.73 Å². The van der Waals surface area contributed by atoms with Gasteiger partial charge in [-0.1, -0.05) is 24.7 Å². The van der Waals surface area contributed by atoms with Gasteiger partial charge in [0, 0.05) is 24.9 Å². The van der Waals surface area contributed by atoms with Crippen LogP contribution in [0, 0.1) is 6.92 Å². The third-order valence-electron chi connectivity index (χ3n) is 5.06. The fraction of sp³-hybridized carbons (Fsp3) is 0.524. The van der Waals surface area contributed by atoms with Gasteiger partial charge in [-0.15, -0.1) is 0 Å². The Labute approximate surface area is 156 Å². The lowest BCUT2D eigenvalue weighted by Crippen LogP contribution is -2.19. The zero-order chi connectivity index (χ0) is 17.6. The number of pyridine rings is 1. The quantitative estimate of drug-likeness (QED) is 0.556. The SMILES string of the molecule is Cc1cc(N2CCCC2)nc2ccc(CC(=S)CCCCCN)cc12. The summed E-state index contributed by atoms with van der Waals surface area (Å²) in [4.78, 5) is 8.44. The molecule has 0 unspecified atom stereocenters. The molecule has 1 fully saturated rings. The van der Waals surface area contributed by atoms with Crippen LogP contribution < -0.4 is 10.6 Å². The van der Waals surface area contributed by atoms with Gasteiger partial charge < -0.3 is 10.6 Å². The fourth-order valence-electron chi connectivity index (χ4n) is 3.60. The van der Waals surface area contributed by atoms with Crippen molar-refractivity contribution in [1.82, 2.24) is 4.98 Å². The van der Waals surface area contributed by atoms with Crippen molar-refractivity contribution in [3.05, 3.63) is 35.4 Å². The molecule has 0 radical (unpaired) electrons. The molecular weight excluding hydrogens is 326 g/mol. The Balaban J connectivity index is 1.70. The van der Waals surface area contributed by atoms with Crippen LogP contribution in [-0.2, 0) is 6.42 Å². The van der Waals surface area contributed by atoms with E-state index in [-0.39, 0.29) is 0 Å². The number of nitrogens with zero attached hydrogens (tertiary/aromatic N) is 2. The van der Waals surface area contributed by atoms with Crippen molar-refractivity contribution in [1.29, 1.82) is 0 Å². The highest BCUT2D eigenvalue weighted by Crippen LogP contribution is 2.26. The van der Waals surface area contributed by atoms with E-state index in [9.17, 15) is 0 Å². The number of hydrogen-bond donors (Lipinski definition) is 1. The van der Waals surface area contributed by atoms with Crippen molar-refractivity contribution in [2.75, 3.05) is 24.5 Å². The summed E-state index contributed by atoms with van der Waals surface area (Å²) in [5.41, 5.74) is 9.25. The zero-order valence-corrected chi connectivity index (χ0v) is 16.1. The first-order valence-electron chi connectivity index (χ1n) is 9.54. The van der Waals surface area contributed by atoms with E-state index in [0.717, 1.165) is 61.5 Å². The highest BCUT2D eigenvalue weighted by Gasteiger charge is 2.15. The maximum Gasteiger partial charge on any atom is 0.129 e. The van der Waals surface area contributed by atoms with E-state index >= 15 is 0 Å². The number of rotatable bonds is 8. The Hall–Kier alpha value is -1.52. The van der Waals surface area contributed by atoms with Crippen LogP contribution in [0.5, 0.6) is 0 Å². The van der Waals surface area contributed by atoms with Gasteiger partial charge in [0.25, 0.3) is 0 Å². The van der Waals surface area contributed by atoms with Crippen LogP contribution in [0.25, 0.3) is 10.9 Å². The largest absolute Gasteiger partial charge is 0.357 e. The summed E-state index contributed by atoms with van der Waals surface area (Å²) in [7, 11) is 0. The van der Waals surface area contributed by atoms with Gasteiger partial charge in [0.15, 0.2) is 0 Å². The number of hydrogen-bond acceptors (Lipinski definition) is 4. The zero-order valence-electron chi connectivity index (χ0n) is 15.3. The highest BCUT2D eigenvalue weighted by atomic mass is 32.1. The summed E-state index contributed by atoms with van der Waals surface area (Å²) in [5.74, 6) is 1.13. The molecule has 2 aromatic rings. The predicted octanol–water partition coefficient (Wildman–Crippen LogP) is 4.57. The van der Waals surface area contributed by atoms with Crippen LogP contribution in [0.3, 0.4) is 0 Å². The Morgan fingerprint density at radius 2 is 1.96 bits per heavy atom. The topological polar surface area (TPSA) is 42.2 Å². The molecule has 4 heteroatoms. The first kappa shape index (κ1) is 18.3. The normalized spacial score (nSPS) is 14.4. The number of nitrogens with two attached hydrogens (primary N) is 1. The number of aromatic nitrogens is 1. The molecule has 1 aromatic carbocycles. The average molecular weight is 356 g/mol. The van der Waals surface area contributed by atoms with Crippen LogP contribution in [0.15, 0.2) is 24.3 Å². The van der Waals surface area contributed by atoms with Gasteiger partial charge in [-0.3, -0.25) is 0 Å². The third-order valence-corrected chi connectivity index (χ3v) is 5.41. The fourth-order valence-corrected chi connectivity index (χ4v) is 3.91. The van der Waals surface area contributed by atoms with Gasteiger partial charge in [0.05, 0.1) is 5.52 Å². The lowest BCUT2D eigenvalue weighted by molar-refractivity contribution is 0.705. The number of anilines is 1. The minimum Gasteiger partial charge on any atom is -0.357 e. The van der Waals surface area contributed by atoms with Crippen LogP contribution in [0.4, 0.5) is 5.82 Å². The molecule has 3 nitrogen and oxygen atoms in total. The molecule has 0 spiro atoms. The van der Waals surface area contributed by atoms with Crippen molar-refractivity contribution in [3.8, 4) is 0 Å². The molecular formula is C21H29N3S. The minimum atomic E-state index is 0.781. The number of benzene rings is 1. The predicted molar refractivity (Wildman–Crippen MR) is 112 cm³/mol. The van der Waals surface area contributed by atoms with Gasteiger partial charge in [0.1, 0.15) is 5.82 Å². The summed E-state index contributed by atoms with van der Waals surface area (Å²) in [5, 5.41) is 1.26. The maximum absolute atomic E-state index is 5.58. The number of thiocarbonyl (C=S) groups is 1. The van der Waals surface area contributed by atoms with Gasteiger partial charge in [-0.2, -0.15) is 0 Å². The first-order valence-corrected chi connectivity index (χ1v) is 9.95. The molecule has 134 valence electrons. The minimum absolute atomic E-state index is 0.781. The standard InChI is InChI=1S/C21H29N3S/c1-16-13-21(24-11-5-6-12-24)23-20-9-8-17(15-19(16)20)14-18(25)7-3-2-4-10-22/h8-9,13,15H,2-7,10-12,14,22H2,1H3. The van der Waals surface area contributed by atoms with Gasteiger partial charge >= 0.3 is 0 Å². The summed E-state index contributed by atoms with van der Waals surface area (Å²) < 4.78 is 0. The lowest BCUT2D eigenvalue weighted by atomic mass is 10.0. The second kappa shape index (κ2) is 8.72. The highest BCUT2D eigenvalue weighted by molar-refractivity contribution is 7.80. The van der Waals surface area contributed by atoms with E-state index in [1.807, 2.05) is 0 Å². The van der Waals surface area contributed by atoms with E-state index in [4.69, 9.17) is 22.9 Å². The molecule has 0 bridgehead atoms. The van der Waals surface area contributed by atoms with E-state index in [1.54, 1.807) is 0 Å². The Morgan fingerprint density at radius 1 is 1.16 bits per heavy atom. The maximum atomic E-state index is 5.58. The molecule has 25 heavy (non-hydrogen) atoms. The smallest absolute Gasteiger partial charge is 0.129 e. The molecule has 1 aliphatic heterocycles. The summed E-state index contributed by atoms with van der Waals surface area (Å²) in [6.45, 7) is 5.24. The van der Waals surface area contributed by atoms with Crippen LogP contribution in [0.1, 0.15) is 49.7 Å². The van der Waals surface area contributed by atoms with Gasteiger partial charge in [-0.05, 0) is 79.8 Å². The van der Waals surface area contributed by atoms with Crippen LogP contribution in [0.2, 0.25) is 0 Å². The molecule has 0 aliphatic carbocycles. The number of unbranched alkanes of at least 4 members (excludes halogenated alkanes) is 2. The van der Waals surface area contributed by atoms with Crippen LogP contribution >= 0.6 is 12.2 Å². The summed E-state index contributed by atoms with van der Waals surface area (Å²) >= 11 is 5.58. The van der Waals surface area contributed by atoms with Gasteiger partial charge in [0.2, 0.25) is 0 Å². The lowest BCUT2D eigenvalue weighted by Gasteiger charge is -2.18. The van der Waals surface area contributed by atoms with Gasteiger partial charge in [-0.25, -0.2) is 4.98 Å². The Kier molecular flexibility index (Phi) is 6.38. The summed E-state index contributed by atoms with van der Waals surface area (Å²) in [6.07, 6.45) is 7.91. The number of aryl methyl sites for hydroxylation is 1. The molecule has 3 rings (SSSR count). The van der Waals surface area contributed by atoms with Crippen LogP contribution in [-0.4, -0.2) is 29.5 Å². The molecule has 1 aromatic heterocycles. The van der Waals surface area contributed by atoms with Crippen molar-refractivity contribution in [2.45, 2.75) is 51.9 Å². The molecule has 2 N–H and O–H groups in total. The van der Waals surface area contributed by atoms with Crippen molar-refractivity contribution < 1.29 is 0 Å². The Morgan fingerprint density at radius 3 is 2.72 bits per heavy atom. The van der Waals surface area contributed by atoms with Crippen molar-refractivity contribution >= 4 is 33.8 Å². The average Bonchev–Trinajstić information content (AvgIpc) is 3.14. The van der Waals surface area contributed by atoms with E-state index in [1.165, 1.54) is 35.8 Å². The van der Waals surface area contributed by atoms with E-state index in [0.29, 0.717) is 0 Å². The molecule has 0 atom stereocenters. The van der Waals surface area contributed by atoms with E-state index < -0.39 is 0 Å². The summed E-state index contributed by atoms with van der Waals surface area (Å²) in [6, 6.07) is 8.86. The third kappa shape index (κ3) is 4.77. The molecule has 1 saturated heterocycles. The Bertz CT molecular complexity index is 735. The number of fused-ring (bicyclic) bond motifs is 1. The second-order valence-electron chi connectivity index (χ2n) is 7.16. The molecule has 0 amide bonds. The monoisotopic (exact) mass is 355 g/mol. The van der Waals surface area contributed by atoms with E-state index in [2.05, 4.69) is 36.1 Å². The first-order chi connectivity index (χ1) is 12.2.